The SMILES string of the molecule is COc1cc(C(N)CCC(=O)O)c(OC)cc1C. The molecule has 0 spiro atoms. The van der Waals surface area contributed by atoms with Crippen molar-refractivity contribution in [2.45, 2.75) is 25.8 Å². The molecule has 3 N–H and O–H groups in total. The molecule has 100 valence electrons. The predicted molar refractivity (Wildman–Crippen MR) is 68.1 cm³/mol. The number of benzene rings is 1. The van der Waals surface area contributed by atoms with Crippen LogP contribution in [0.2, 0.25) is 0 Å². The molecule has 0 bridgehead atoms. The first kappa shape index (κ1) is 14.3. The van der Waals surface area contributed by atoms with E-state index in [0.29, 0.717) is 12.2 Å². The van der Waals surface area contributed by atoms with Crippen molar-refractivity contribution in [2.75, 3.05) is 14.2 Å². The van der Waals surface area contributed by atoms with Crippen molar-refractivity contribution in [3.05, 3.63) is 23.3 Å². The van der Waals surface area contributed by atoms with E-state index in [0.717, 1.165) is 16.9 Å². The van der Waals surface area contributed by atoms with Gasteiger partial charge in [-0.05, 0) is 31.0 Å². The smallest absolute Gasteiger partial charge is 0.303 e. The molecular formula is C13H19NO4. The van der Waals surface area contributed by atoms with Gasteiger partial charge in [0.25, 0.3) is 0 Å². The van der Waals surface area contributed by atoms with Gasteiger partial charge in [0.1, 0.15) is 11.5 Å². The van der Waals surface area contributed by atoms with Gasteiger partial charge >= 0.3 is 5.97 Å². The molecule has 0 aliphatic carbocycles. The van der Waals surface area contributed by atoms with Crippen LogP contribution < -0.4 is 15.2 Å². The molecule has 5 heteroatoms. The maximum absolute atomic E-state index is 10.6. The van der Waals surface area contributed by atoms with E-state index in [9.17, 15) is 4.79 Å². The van der Waals surface area contributed by atoms with Gasteiger partial charge in [0.15, 0.2) is 0 Å². The normalized spacial score (nSPS) is 12.0. The number of rotatable bonds is 6. The fraction of sp³-hybridized carbons (Fsp3) is 0.462. The number of carboxylic acid groups (broad SMARTS) is 1. The lowest BCUT2D eigenvalue weighted by molar-refractivity contribution is -0.137. The van der Waals surface area contributed by atoms with Gasteiger partial charge in [0, 0.05) is 18.0 Å². The highest BCUT2D eigenvalue weighted by Crippen LogP contribution is 2.33. The Labute approximate surface area is 107 Å². The molecule has 1 atom stereocenters. The van der Waals surface area contributed by atoms with Crippen molar-refractivity contribution in [3.63, 3.8) is 0 Å². The number of ether oxygens (including phenoxy) is 2. The lowest BCUT2D eigenvalue weighted by Gasteiger charge is -2.17. The monoisotopic (exact) mass is 253 g/mol. The van der Waals surface area contributed by atoms with Crippen LogP contribution in [-0.4, -0.2) is 25.3 Å². The van der Waals surface area contributed by atoms with E-state index in [4.69, 9.17) is 20.3 Å². The van der Waals surface area contributed by atoms with Crippen molar-refractivity contribution in [3.8, 4) is 11.5 Å². The van der Waals surface area contributed by atoms with Crippen LogP contribution >= 0.6 is 0 Å². The summed E-state index contributed by atoms with van der Waals surface area (Å²) in [5.41, 5.74) is 7.71. The van der Waals surface area contributed by atoms with Crippen molar-refractivity contribution in [1.29, 1.82) is 0 Å². The first-order valence-electron chi connectivity index (χ1n) is 5.69. The first-order chi connectivity index (χ1) is 8.49. The van der Waals surface area contributed by atoms with Gasteiger partial charge in [-0.2, -0.15) is 0 Å². The summed E-state index contributed by atoms with van der Waals surface area (Å²) in [4.78, 5) is 10.6. The molecule has 1 aromatic rings. The minimum atomic E-state index is -0.858. The molecule has 0 aliphatic heterocycles. The maximum Gasteiger partial charge on any atom is 0.303 e. The third-order valence-electron chi connectivity index (χ3n) is 2.82. The Balaban J connectivity index is 3.01. The molecular weight excluding hydrogens is 234 g/mol. The average Bonchev–Trinajstić information content (AvgIpc) is 2.35. The zero-order chi connectivity index (χ0) is 13.7. The number of methoxy groups -OCH3 is 2. The van der Waals surface area contributed by atoms with E-state index in [1.807, 2.05) is 13.0 Å². The third kappa shape index (κ3) is 3.37. The standard InChI is InChI=1S/C13H19NO4/c1-8-6-12(18-3)9(7-11(8)17-2)10(14)4-5-13(15)16/h6-7,10H,4-5,14H2,1-3H3,(H,15,16). The van der Waals surface area contributed by atoms with Crippen LogP contribution in [0.25, 0.3) is 0 Å². The molecule has 0 heterocycles. The van der Waals surface area contributed by atoms with Gasteiger partial charge in [0.05, 0.1) is 14.2 Å². The number of hydrogen-bond donors (Lipinski definition) is 2. The lowest BCUT2D eigenvalue weighted by Crippen LogP contribution is -2.14. The highest BCUT2D eigenvalue weighted by molar-refractivity contribution is 5.66. The van der Waals surface area contributed by atoms with Crippen molar-refractivity contribution in [1.82, 2.24) is 0 Å². The van der Waals surface area contributed by atoms with Gasteiger partial charge in [-0.1, -0.05) is 0 Å². The third-order valence-corrected chi connectivity index (χ3v) is 2.82. The topological polar surface area (TPSA) is 81.8 Å². The molecule has 1 aromatic carbocycles. The quantitative estimate of drug-likeness (QED) is 0.808. The summed E-state index contributed by atoms with van der Waals surface area (Å²) in [6.07, 6.45) is 0.387. The van der Waals surface area contributed by atoms with Gasteiger partial charge in [-0.3, -0.25) is 4.79 Å². The Morgan fingerprint density at radius 1 is 1.33 bits per heavy atom. The zero-order valence-electron chi connectivity index (χ0n) is 10.9. The maximum atomic E-state index is 10.6. The van der Waals surface area contributed by atoms with Crippen LogP contribution in [0.5, 0.6) is 11.5 Å². The van der Waals surface area contributed by atoms with Gasteiger partial charge in [-0.25, -0.2) is 0 Å². The highest BCUT2D eigenvalue weighted by atomic mass is 16.5. The Morgan fingerprint density at radius 3 is 2.44 bits per heavy atom. The molecule has 1 unspecified atom stereocenters. The molecule has 5 nitrogen and oxygen atoms in total. The van der Waals surface area contributed by atoms with E-state index < -0.39 is 5.97 Å². The van der Waals surface area contributed by atoms with E-state index in [1.165, 1.54) is 0 Å². The van der Waals surface area contributed by atoms with Gasteiger partial charge in [0.2, 0.25) is 0 Å². The van der Waals surface area contributed by atoms with Gasteiger partial charge < -0.3 is 20.3 Å². The van der Waals surface area contributed by atoms with Crippen LogP contribution in [0.15, 0.2) is 12.1 Å². The summed E-state index contributed by atoms with van der Waals surface area (Å²) >= 11 is 0. The number of hydrogen-bond acceptors (Lipinski definition) is 4. The molecule has 0 radical (unpaired) electrons. The molecule has 0 saturated carbocycles. The minimum absolute atomic E-state index is 0.0283. The second-order valence-corrected chi connectivity index (χ2v) is 4.10. The number of nitrogens with two attached hydrogens (primary N) is 1. The second-order valence-electron chi connectivity index (χ2n) is 4.10. The summed E-state index contributed by atoms with van der Waals surface area (Å²) in [5, 5.41) is 8.67. The van der Waals surface area contributed by atoms with E-state index in [2.05, 4.69) is 0 Å². The summed E-state index contributed by atoms with van der Waals surface area (Å²) in [6, 6.07) is 3.26. The summed E-state index contributed by atoms with van der Waals surface area (Å²) in [5.74, 6) is 0.520. The van der Waals surface area contributed by atoms with Crippen LogP contribution in [0.3, 0.4) is 0 Å². The largest absolute Gasteiger partial charge is 0.496 e. The molecule has 0 amide bonds. The minimum Gasteiger partial charge on any atom is -0.496 e. The number of carbonyl (C=O) groups is 1. The Morgan fingerprint density at radius 2 is 1.94 bits per heavy atom. The summed E-state index contributed by atoms with van der Waals surface area (Å²) < 4.78 is 10.5. The van der Waals surface area contributed by atoms with Crippen LogP contribution in [0.4, 0.5) is 0 Å². The Hall–Kier alpha value is -1.75. The number of aliphatic carboxylic acids is 1. The van der Waals surface area contributed by atoms with Crippen molar-refractivity contribution < 1.29 is 19.4 Å². The van der Waals surface area contributed by atoms with E-state index in [-0.39, 0.29) is 12.5 Å². The predicted octanol–water partition coefficient (Wildman–Crippen LogP) is 1.88. The summed E-state index contributed by atoms with van der Waals surface area (Å²) in [7, 11) is 3.15. The molecule has 0 aliphatic rings. The van der Waals surface area contributed by atoms with Crippen LogP contribution in [-0.2, 0) is 4.79 Å². The number of aryl methyl sites for hydroxylation is 1. The Bertz CT molecular complexity index is 431. The molecule has 18 heavy (non-hydrogen) atoms. The fourth-order valence-electron chi connectivity index (χ4n) is 1.80. The van der Waals surface area contributed by atoms with Gasteiger partial charge in [-0.15, -0.1) is 0 Å². The highest BCUT2D eigenvalue weighted by Gasteiger charge is 2.16. The Kier molecular flexibility index (Phi) is 4.97. The molecule has 0 saturated heterocycles. The fourth-order valence-corrected chi connectivity index (χ4v) is 1.80. The van der Waals surface area contributed by atoms with Crippen molar-refractivity contribution in [2.24, 2.45) is 5.73 Å². The van der Waals surface area contributed by atoms with E-state index in [1.54, 1.807) is 20.3 Å². The average molecular weight is 253 g/mol. The molecule has 0 aromatic heterocycles. The molecule has 1 rings (SSSR count). The summed E-state index contributed by atoms with van der Waals surface area (Å²) in [6.45, 7) is 1.91. The van der Waals surface area contributed by atoms with Crippen molar-refractivity contribution >= 4 is 5.97 Å². The van der Waals surface area contributed by atoms with Crippen LogP contribution in [0, 0.1) is 6.92 Å². The van der Waals surface area contributed by atoms with Crippen LogP contribution in [0.1, 0.15) is 30.0 Å². The second kappa shape index (κ2) is 6.26. The molecule has 0 fully saturated rings. The lowest BCUT2D eigenvalue weighted by atomic mass is 9.99. The van der Waals surface area contributed by atoms with E-state index >= 15 is 0 Å². The first-order valence-corrected chi connectivity index (χ1v) is 5.69. The number of carboxylic acids is 1. The zero-order valence-corrected chi connectivity index (χ0v) is 10.9.